The van der Waals surface area contributed by atoms with Gasteiger partial charge in [-0.25, -0.2) is 0 Å². The van der Waals surface area contributed by atoms with Gasteiger partial charge < -0.3 is 10.5 Å². The smallest absolute Gasteiger partial charge is 0.0795 e. The summed E-state index contributed by atoms with van der Waals surface area (Å²) in [6.45, 7) is 7.30. The van der Waals surface area contributed by atoms with Crippen LogP contribution in [0.1, 0.15) is 50.8 Å². The summed E-state index contributed by atoms with van der Waals surface area (Å²) in [7, 11) is 0. The fraction of sp³-hybridized carbons (Fsp3) is 0.647. The van der Waals surface area contributed by atoms with Gasteiger partial charge in [-0.15, -0.1) is 0 Å². The van der Waals surface area contributed by atoms with Crippen LogP contribution in [0.25, 0.3) is 0 Å². The van der Waals surface area contributed by atoms with Crippen LogP contribution in [0, 0.1) is 11.8 Å². The minimum atomic E-state index is 0.0135. The second-order valence-electron chi connectivity index (χ2n) is 6.13. The predicted octanol–water partition coefficient (Wildman–Crippen LogP) is 3.70. The van der Waals surface area contributed by atoms with Gasteiger partial charge in [0.25, 0.3) is 0 Å². The van der Waals surface area contributed by atoms with E-state index in [-0.39, 0.29) is 12.1 Å². The van der Waals surface area contributed by atoms with Gasteiger partial charge in [0, 0.05) is 6.61 Å². The average molecular weight is 261 g/mol. The fourth-order valence-electron chi connectivity index (χ4n) is 2.74. The first-order valence-corrected chi connectivity index (χ1v) is 7.57. The van der Waals surface area contributed by atoms with Crippen molar-refractivity contribution in [2.45, 2.75) is 52.2 Å². The SMILES string of the molecule is CCOC(C1CC1)C(N)c1cccc(CC(C)C)c1. The van der Waals surface area contributed by atoms with Crippen LogP contribution < -0.4 is 5.73 Å². The molecule has 0 bridgehead atoms. The number of ether oxygens (including phenoxy) is 1. The molecule has 1 aliphatic carbocycles. The van der Waals surface area contributed by atoms with E-state index in [2.05, 4.69) is 45.0 Å². The minimum Gasteiger partial charge on any atom is -0.376 e. The lowest BCUT2D eigenvalue weighted by Crippen LogP contribution is -2.31. The van der Waals surface area contributed by atoms with Crippen LogP contribution in [-0.2, 0) is 11.2 Å². The van der Waals surface area contributed by atoms with Crippen molar-refractivity contribution in [1.29, 1.82) is 0 Å². The summed E-state index contributed by atoms with van der Waals surface area (Å²) in [4.78, 5) is 0. The van der Waals surface area contributed by atoms with Gasteiger partial charge in [-0.1, -0.05) is 38.1 Å². The van der Waals surface area contributed by atoms with E-state index in [1.807, 2.05) is 0 Å². The van der Waals surface area contributed by atoms with Gasteiger partial charge in [-0.05, 0) is 49.1 Å². The first-order valence-electron chi connectivity index (χ1n) is 7.57. The molecule has 2 nitrogen and oxygen atoms in total. The van der Waals surface area contributed by atoms with E-state index in [1.54, 1.807) is 0 Å². The number of hydrogen-bond donors (Lipinski definition) is 1. The van der Waals surface area contributed by atoms with Gasteiger partial charge in [0.05, 0.1) is 12.1 Å². The van der Waals surface area contributed by atoms with Crippen LogP contribution in [0.5, 0.6) is 0 Å². The van der Waals surface area contributed by atoms with Crippen LogP contribution in [0.3, 0.4) is 0 Å². The van der Waals surface area contributed by atoms with Crippen LogP contribution in [0.2, 0.25) is 0 Å². The second-order valence-corrected chi connectivity index (χ2v) is 6.13. The molecule has 1 saturated carbocycles. The van der Waals surface area contributed by atoms with E-state index in [1.165, 1.54) is 24.0 Å². The topological polar surface area (TPSA) is 35.2 Å². The maximum absolute atomic E-state index is 6.44. The molecule has 2 rings (SSSR count). The van der Waals surface area contributed by atoms with E-state index in [9.17, 15) is 0 Å². The molecule has 0 heterocycles. The molecule has 1 aliphatic rings. The van der Waals surface area contributed by atoms with E-state index in [0.717, 1.165) is 13.0 Å². The molecule has 1 aromatic carbocycles. The van der Waals surface area contributed by atoms with Gasteiger partial charge in [0.15, 0.2) is 0 Å². The van der Waals surface area contributed by atoms with Crippen LogP contribution >= 0.6 is 0 Å². The number of benzene rings is 1. The zero-order valence-electron chi connectivity index (χ0n) is 12.4. The Kier molecular flexibility index (Phi) is 5.00. The zero-order valence-corrected chi connectivity index (χ0v) is 12.4. The molecule has 0 radical (unpaired) electrons. The minimum absolute atomic E-state index is 0.0135. The van der Waals surface area contributed by atoms with Gasteiger partial charge in [0.2, 0.25) is 0 Å². The Morgan fingerprint density at radius 1 is 1.32 bits per heavy atom. The van der Waals surface area contributed by atoms with Gasteiger partial charge in [-0.3, -0.25) is 0 Å². The Morgan fingerprint density at radius 2 is 2.05 bits per heavy atom. The number of nitrogens with two attached hydrogens (primary N) is 1. The summed E-state index contributed by atoms with van der Waals surface area (Å²) in [5.74, 6) is 1.35. The van der Waals surface area contributed by atoms with Crippen molar-refractivity contribution in [1.82, 2.24) is 0 Å². The van der Waals surface area contributed by atoms with Gasteiger partial charge >= 0.3 is 0 Å². The lowest BCUT2D eigenvalue weighted by molar-refractivity contribution is 0.0283. The Hall–Kier alpha value is -0.860. The largest absolute Gasteiger partial charge is 0.376 e. The van der Waals surface area contributed by atoms with Crippen molar-refractivity contribution in [3.8, 4) is 0 Å². The fourth-order valence-corrected chi connectivity index (χ4v) is 2.74. The number of hydrogen-bond acceptors (Lipinski definition) is 2. The molecule has 2 unspecified atom stereocenters. The third-order valence-electron chi connectivity index (χ3n) is 3.78. The summed E-state index contributed by atoms with van der Waals surface area (Å²) < 4.78 is 5.88. The molecule has 1 fully saturated rings. The van der Waals surface area contributed by atoms with Crippen molar-refractivity contribution in [3.05, 3.63) is 35.4 Å². The highest BCUT2D eigenvalue weighted by molar-refractivity contribution is 5.27. The molecule has 2 atom stereocenters. The molecule has 0 amide bonds. The van der Waals surface area contributed by atoms with Crippen LogP contribution in [0.15, 0.2) is 24.3 Å². The highest BCUT2D eigenvalue weighted by atomic mass is 16.5. The van der Waals surface area contributed by atoms with E-state index in [4.69, 9.17) is 10.5 Å². The van der Waals surface area contributed by atoms with Crippen LogP contribution in [-0.4, -0.2) is 12.7 Å². The second kappa shape index (κ2) is 6.53. The van der Waals surface area contributed by atoms with Crippen LogP contribution in [0.4, 0.5) is 0 Å². The molecule has 2 heteroatoms. The summed E-state index contributed by atoms with van der Waals surface area (Å²) in [5, 5.41) is 0. The van der Waals surface area contributed by atoms with Crippen molar-refractivity contribution in [2.24, 2.45) is 17.6 Å². The normalized spacial score (nSPS) is 18.6. The van der Waals surface area contributed by atoms with Crippen molar-refractivity contribution in [3.63, 3.8) is 0 Å². The maximum atomic E-state index is 6.44. The van der Waals surface area contributed by atoms with Crippen molar-refractivity contribution >= 4 is 0 Å². The summed E-state index contributed by atoms with van der Waals surface area (Å²) >= 11 is 0. The Morgan fingerprint density at radius 3 is 2.63 bits per heavy atom. The van der Waals surface area contributed by atoms with Gasteiger partial charge in [-0.2, -0.15) is 0 Å². The van der Waals surface area contributed by atoms with Crippen molar-refractivity contribution < 1.29 is 4.74 Å². The Labute approximate surface area is 117 Å². The standard InChI is InChI=1S/C17H27NO/c1-4-19-17(14-8-9-14)16(18)15-7-5-6-13(11-15)10-12(2)3/h5-7,11-12,14,16-17H,4,8-10,18H2,1-3H3. The highest BCUT2D eigenvalue weighted by Gasteiger charge is 2.36. The summed E-state index contributed by atoms with van der Waals surface area (Å²) in [5.41, 5.74) is 9.05. The third-order valence-corrected chi connectivity index (χ3v) is 3.78. The molecule has 106 valence electrons. The monoisotopic (exact) mass is 261 g/mol. The first kappa shape index (κ1) is 14.5. The molecule has 0 aliphatic heterocycles. The Balaban J connectivity index is 2.10. The Bertz CT molecular complexity index is 398. The summed E-state index contributed by atoms with van der Waals surface area (Å²) in [6.07, 6.45) is 3.84. The maximum Gasteiger partial charge on any atom is 0.0795 e. The zero-order chi connectivity index (χ0) is 13.8. The molecule has 0 spiro atoms. The lowest BCUT2D eigenvalue weighted by Gasteiger charge is -2.24. The third kappa shape index (κ3) is 4.05. The molecule has 0 saturated heterocycles. The van der Waals surface area contributed by atoms with E-state index < -0.39 is 0 Å². The van der Waals surface area contributed by atoms with Gasteiger partial charge in [0.1, 0.15) is 0 Å². The quantitative estimate of drug-likeness (QED) is 0.812. The van der Waals surface area contributed by atoms with E-state index >= 15 is 0 Å². The summed E-state index contributed by atoms with van der Waals surface area (Å²) in [6, 6.07) is 8.74. The average Bonchev–Trinajstić information content (AvgIpc) is 3.19. The first-order chi connectivity index (χ1) is 9.11. The van der Waals surface area contributed by atoms with E-state index in [0.29, 0.717) is 11.8 Å². The molecule has 0 aromatic heterocycles. The van der Waals surface area contributed by atoms with Crippen molar-refractivity contribution in [2.75, 3.05) is 6.61 Å². The molecule has 2 N–H and O–H groups in total. The molecular formula is C17H27NO. The molecular weight excluding hydrogens is 234 g/mol. The predicted molar refractivity (Wildman–Crippen MR) is 80.1 cm³/mol. The molecule has 19 heavy (non-hydrogen) atoms. The molecule has 1 aromatic rings. The highest BCUT2D eigenvalue weighted by Crippen LogP contribution is 2.39. The number of rotatable bonds is 7. The lowest BCUT2D eigenvalue weighted by atomic mass is 9.94.